The number of carbonyl (C=O) groups is 1. The first-order valence-corrected chi connectivity index (χ1v) is 13.3. The largest absolute Gasteiger partial charge is 1.00 e. The molecule has 0 saturated carbocycles. The topological polar surface area (TPSA) is 99.0 Å². The van der Waals surface area contributed by atoms with Crippen LogP contribution in [0.2, 0.25) is 0 Å². The summed E-state index contributed by atoms with van der Waals surface area (Å²) < 4.78 is 29.4. The van der Waals surface area contributed by atoms with E-state index in [2.05, 4.69) is 5.32 Å². The number of aromatic nitrogens is 2. The van der Waals surface area contributed by atoms with Gasteiger partial charge in [0.05, 0.1) is 11.0 Å². The number of carbonyl (C=O) groups excluding carboxylic acids is 1. The highest BCUT2D eigenvalue weighted by atomic mass is 35.5. The van der Waals surface area contributed by atoms with Crippen molar-refractivity contribution in [2.75, 3.05) is 13.1 Å². The van der Waals surface area contributed by atoms with Crippen LogP contribution in [0.25, 0.3) is 33.3 Å². The maximum atomic E-state index is 13.8. The zero-order valence-electron chi connectivity index (χ0n) is 23.4. The molecule has 0 aliphatic heterocycles. The summed E-state index contributed by atoms with van der Waals surface area (Å²) >= 11 is 0. The fourth-order valence-corrected chi connectivity index (χ4v) is 4.79. The smallest absolute Gasteiger partial charge is 1.00 e. The fraction of sp³-hybridized carbons (Fsp3) is 0.188. The maximum Gasteiger partial charge on any atom is 1.00 e. The van der Waals surface area contributed by atoms with Crippen molar-refractivity contribution < 1.29 is 27.4 Å². The molecule has 5 N–H and O–H groups in total. The lowest BCUT2D eigenvalue weighted by molar-refractivity contribution is -0.0000175. The Bertz CT molecular complexity index is 1610. The summed E-state index contributed by atoms with van der Waals surface area (Å²) in [5, 5.41) is 2.93. The van der Waals surface area contributed by atoms with Crippen LogP contribution in [0.1, 0.15) is 30.5 Å². The normalized spacial score (nSPS) is 11.7. The summed E-state index contributed by atoms with van der Waals surface area (Å²) in [5.41, 5.74) is 17.3. The quantitative estimate of drug-likeness (QED) is 0.238. The third-order valence-corrected chi connectivity index (χ3v) is 6.89. The lowest BCUT2D eigenvalue weighted by atomic mass is 9.94. The van der Waals surface area contributed by atoms with Gasteiger partial charge in [-0.15, -0.1) is 0 Å². The zero-order valence-corrected chi connectivity index (χ0v) is 23.1. The molecular formula is C32H32ClF2N5O. The molecule has 1 aromatic heterocycles. The van der Waals surface area contributed by atoms with Crippen molar-refractivity contribution in [2.24, 2.45) is 11.5 Å². The Morgan fingerprint density at radius 2 is 1.49 bits per heavy atom. The predicted molar refractivity (Wildman–Crippen MR) is 156 cm³/mol. The minimum atomic E-state index is -0.344. The molecule has 0 aliphatic rings. The van der Waals surface area contributed by atoms with E-state index < -0.39 is 0 Å². The molecule has 0 fully saturated rings. The lowest BCUT2D eigenvalue weighted by Gasteiger charge is -2.14. The third-order valence-electron chi connectivity index (χ3n) is 6.89. The number of hydrogen-bond acceptors (Lipinski definition) is 4. The van der Waals surface area contributed by atoms with E-state index in [1.54, 1.807) is 24.3 Å². The molecule has 0 saturated heterocycles. The minimum Gasteiger partial charge on any atom is -1.00 e. The summed E-state index contributed by atoms with van der Waals surface area (Å²) in [6.45, 7) is 1.26. The first-order chi connectivity index (χ1) is 19.4. The standard InChI is InChI=1S/C32H31F2N5O.ClH/c33-24-12-8-22(9-13-24)27-17-29-30(18-28(27)23-10-14-25(34)15-11-23)39(20-21-5-2-1-3-6-21)31(38-29)32(40)37-19-26(36)7-4-16-35;/h1-3,5-6,8-15,17-18,26H,4,7,16,19-20,35-36H2,(H,37,40);1H/t26-;/m0./s1. The van der Waals surface area contributed by atoms with E-state index in [1.807, 2.05) is 47.0 Å². The number of amides is 1. The van der Waals surface area contributed by atoms with Crippen LogP contribution in [-0.2, 0) is 6.54 Å². The number of hydrogen-bond donors (Lipinski definition) is 3. The number of imidazole rings is 1. The van der Waals surface area contributed by atoms with Crippen LogP contribution in [-0.4, -0.2) is 34.6 Å². The summed E-state index contributed by atoms with van der Waals surface area (Å²) in [4.78, 5) is 18.2. The number of nitrogens with one attached hydrogen (secondary N) is 1. The van der Waals surface area contributed by atoms with E-state index in [9.17, 15) is 13.6 Å². The monoisotopic (exact) mass is 575 g/mol. The van der Waals surface area contributed by atoms with Gasteiger partial charge in [0.25, 0.3) is 5.91 Å². The Balaban J connectivity index is 0.00000242. The molecule has 4 aromatic carbocycles. The van der Waals surface area contributed by atoms with E-state index in [0.717, 1.165) is 39.8 Å². The molecule has 0 bridgehead atoms. The number of nitrogens with zero attached hydrogens (tertiary/aromatic N) is 2. The van der Waals surface area contributed by atoms with Crippen molar-refractivity contribution in [3.63, 3.8) is 0 Å². The van der Waals surface area contributed by atoms with Crippen molar-refractivity contribution >= 4 is 16.9 Å². The molecule has 5 rings (SSSR count). The van der Waals surface area contributed by atoms with Crippen LogP contribution in [0, 0.1) is 11.6 Å². The molecule has 1 heterocycles. The number of fused-ring (bicyclic) bond motifs is 1. The third kappa shape index (κ3) is 6.97. The van der Waals surface area contributed by atoms with E-state index in [4.69, 9.17) is 16.5 Å². The highest BCUT2D eigenvalue weighted by molar-refractivity contribution is 5.99. The highest BCUT2D eigenvalue weighted by Crippen LogP contribution is 2.36. The first-order valence-electron chi connectivity index (χ1n) is 13.3. The van der Waals surface area contributed by atoms with Crippen LogP contribution in [0.15, 0.2) is 91.0 Å². The molecule has 0 aliphatic carbocycles. The van der Waals surface area contributed by atoms with Gasteiger partial charge in [0.15, 0.2) is 5.82 Å². The SMILES string of the molecule is NCCC[C@H](N)CNC(=O)c1nc2cc(-c3ccc(F)cc3)c(-c3ccc(F)cc3)cc2n1Cc1ccccc1.[Cl-].[H+]. The summed E-state index contributed by atoms with van der Waals surface area (Å²) in [5.74, 6) is -0.761. The van der Waals surface area contributed by atoms with E-state index in [0.29, 0.717) is 31.6 Å². The molecule has 0 unspecified atom stereocenters. The number of halogens is 3. The van der Waals surface area contributed by atoms with Crippen LogP contribution < -0.4 is 29.2 Å². The Morgan fingerprint density at radius 3 is 2.07 bits per heavy atom. The zero-order chi connectivity index (χ0) is 28.1. The second-order valence-corrected chi connectivity index (χ2v) is 9.81. The van der Waals surface area contributed by atoms with E-state index in [1.165, 1.54) is 24.3 Å². The van der Waals surface area contributed by atoms with Gasteiger partial charge >= 0.3 is 1.43 Å². The molecule has 9 heteroatoms. The van der Waals surface area contributed by atoms with Crippen LogP contribution in [0.3, 0.4) is 0 Å². The molecule has 0 radical (unpaired) electrons. The second kappa shape index (κ2) is 13.5. The van der Waals surface area contributed by atoms with Gasteiger partial charge in [0.2, 0.25) is 0 Å². The summed E-state index contributed by atoms with van der Waals surface area (Å²) in [6.07, 6.45) is 1.49. The average molecular weight is 576 g/mol. The van der Waals surface area contributed by atoms with Crippen molar-refractivity contribution in [1.82, 2.24) is 14.9 Å². The van der Waals surface area contributed by atoms with Crippen molar-refractivity contribution in [2.45, 2.75) is 25.4 Å². The number of nitrogens with two attached hydrogens (primary N) is 2. The molecule has 212 valence electrons. The van der Waals surface area contributed by atoms with Gasteiger partial charge in [0, 0.05) is 19.1 Å². The number of benzene rings is 4. The summed E-state index contributed by atoms with van der Waals surface area (Å²) in [6, 6.07) is 25.9. The first kappa shape index (κ1) is 29.9. The molecule has 1 atom stereocenters. The summed E-state index contributed by atoms with van der Waals surface area (Å²) in [7, 11) is 0. The van der Waals surface area contributed by atoms with Crippen LogP contribution in [0.5, 0.6) is 0 Å². The Labute approximate surface area is 245 Å². The van der Waals surface area contributed by atoms with Crippen molar-refractivity contribution in [3.8, 4) is 22.3 Å². The van der Waals surface area contributed by atoms with Crippen LogP contribution >= 0.6 is 0 Å². The molecule has 0 spiro atoms. The fourth-order valence-electron chi connectivity index (χ4n) is 4.79. The molecule has 1 amide bonds. The molecule has 41 heavy (non-hydrogen) atoms. The van der Waals surface area contributed by atoms with E-state index in [-0.39, 0.29) is 43.2 Å². The Kier molecular flexibility index (Phi) is 9.83. The Hall–Kier alpha value is -4.11. The molecule has 6 nitrogen and oxygen atoms in total. The molecule has 5 aromatic rings. The lowest BCUT2D eigenvalue weighted by Crippen LogP contribution is -3.00. The van der Waals surface area contributed by atoms with Crippen molar-refractivity contribution in [3.05, 3.63) is 114 Å². The van der Waals surface area contributed by atoms with E-state index >= 15 is 0 Å². The minimum absolute atomic E-state index is 0. The van der Waals surface area contributed by atoms with Gasteiger partial charge in [-0.2, -0.15) is 0 Å². The van der Waals surface area contributed by atoms with Gasteiger partial charge in [-0.1, -0.05) is 54.6 Å². The van der Waals surface area contributed by atoms with Gasteiger partial charge < -0.3 is 33.8 Å². The van der Waals surface area contributed by atoms with Gasteiger partial charge in [0.1, 0.15) is 11.6 Å². The van der Waals surface area contributed by atoms with Gasteiger partial charge in [-0.05, 0) is 83.6 Å². The van der Waals surface area contributed by atoms with Crippen LogP contribution in [0.4, 0.5) is 8.78 Å². The highest BCUT2D eigenvalue weighted by Gasteiger charge is 2.21. The van der Waals surface area contributed by atoms with Crippen molar-refractivity contribution in [1.29, 1.82) is 0 Å². The second-order valence-electron chi connectivity index (χ2n) is 9.81. The Morgan fingerprint density at radius 1 is 0.902 bits per heavy atom. The predicted octanol–water partition coefficient (Wildman–Crippen LogP) is 2.61. The number of rotatable bonds is 10. The van der Waals surface area contributed by atoms with Gasteiger partial charge in [-0.3, -0.25) is 4.79 Å². The maximum absolute atomic E-state index is 13.8. The molecular weight excluding hydrogens is 544 g/mol. The average Bonchev–Trinajstić information content (AvgIpc) is 3.32. The van der Waals surface area contributed by atoms with Gasteiger partial charge in [-0.25, -0.2) is 13.8 Å².